The molecule has 0 N–H and O–H groups in total. The molecule has 2 fully saturated rings. The lowest BCUT2D eigenvalue weighted by Gasteiger charge is -2.38. The van der Waals surface area contributed by atoms with Crippen molar-refractivity contribution in [2.45, 2.75) is 51.4 Å². The predicted molar refractivity (Wildman–Crippen MR) is 77.9 cm³/mol. The van der Waals surface area contributed by atoms with Crippen molar-refractivity contribution in [3.05, 3.63) is 12.7 Å². The molecule has 1 aliphatic carbocycles. The summed E-state index contributed by atoms with van der Waals surface area (Å²) in [6.45, 7) is 7.76. The molecule has 22 heavy (non-hydrogen) atoms. The molecule has 0 spiro atoms. The van der Waals surface area contributed by atoms with Gasteiger partial charge < -0.3 is 18.9 Å². The average molecular weight is 312 g/mol. The summed E-state index contributed by atoms with van der Waals surface area (Å²) in [5.41, 5.74) is -0.837. The average Bonchev–Trinajstić information content (AvgIpc) is 3.00. The van der Waals surface area contributed by atoms with Crippen molar-refractivity contribution in [1.29, 1.82) is 0 Å². The Bertz CT molecular complexity index is 434. The molecule has 3 atom stereocenters. The SMILES string of the molecule is C=CCOC(=O)C12CCC[C@@]1(OC(C)C(=O)OCC)OCC2. The van der Waals surface area contributed by atoms with E-state index in [0.717, 1.165) is 6.42 Å². The predicted octanol–water partition coefficient (Wildman–Crippen LogP) is 1.97. The summed E-state index contributed by atoms with van der Waals surface area (Å²) in [4.78, 5) is 24.4. The van der Waals surface area contributed by atoms with Gasteiger partial charge in [-0.3, -0.25) is 4.79 Å². The fourth-order valence-electron chi connectivity index (χ4n) is 3.40. The number of rotatable bonds is 7. The Hall–Kier alpha value is -1.40. The smallest absolute Gasteiger partial charge is 0.335 e. The summed E-state index contributed by atoms with van der Waals surface area (Å²) in [5.74, 6) is -1.87. The van der Waals surface area contributed by atoms with Gasteiger partial charge in [0.2, 0.25) is 0 Å². The first kappa shape index (κ1) is 17.0. The van der Waals surface area contributed by atoms with Crippen molar-refractivity contribution in [2.75, 3.05) is 19.8 Å². The van der Waals surface area contributed by atoms with Gasteiger partial charge in [0.05, 0.1) is 13.2 Å². The highest BCUT2D eigenvalue weighted by Gasteiger charge is 2.66. The van der Waals surface area contributed by atoms with E-state index in [1.165, 1.54) is 6.08 Å². The second-order valence-electron chi connectivity index (χ2n) is 5.69. The molecule has 0 aromatic heterocycles. The van der Waals surface area contributed by atoms with Crippen LogP contribution in [0.4, 0.5) is 0 Å². The summed E-state index contributed by atoms with van der Waals surface area (Å²) in [6.07, 6.45) is 3.28. The van der Waals surface area contributed by atoms with E-state index in [-0.39, 0.29) is 19.2 Å². The molecule has 0 radical (unpaired) electrons. The van der Waals surface area contributed by atoms with E-state index >= 15 is 0 Å². The topological polar surface area (TPSA) is 71.1 Å². The lowest BCUT2D eigenvalue weighted by Crippen LogP contribution is -2.51. The quantitative estimate of drug-likeness (QED) is 0.529. The van der Waals surface area contributed by atoms with E-state index in [1.807, 2.05) is 0 Å². The van der Waals surface area contributed by atoms with Crippen LogP contribution in [0.2, 0.25) is 0 Å². The van der Waals surface area contributed by atoms with Crippen LogP contribution in [0.5, 0.6) is 0 Å². The van der Waals surface area contributed by atoms with Gasteiger partial charge in [-0.25, -0.2) is 4.79 Å². The van der Waals surface area contributed by atoms with Gasteiger partial charge in [0.25, 0.3) is 0 Å². The van der Waals surface area contributed by atoms with Crippen molar-refractivity contribution in [2.24, 2.45) is 5.41 Å². The van der Waals surface area contributed by atoms with Crippen LogP contribution in [0.3, 0.4) is 0 Å². The minimum atomic E-state index is -1.09. The zero-order valence-electron chi connectivity index (χ0n) is 13.3. The molecular formula is C16H24O6. The number of fused-ring (bicyclic) bond motifs is 1. The van der Waals surface area contributed by atoms with Crippen LogP contribution in [0.25, 0.3) is 0 Å². The molecule has 2 unspecified atom stereocenters. The highest BCUT2D eigenvalue weighted by Crippen LogP contribution is 2.57. The fourth-order valence-corrected chi connectivity index (χ4v) is 3.40. The van der Waals surface area contributed by atoms with Crippen LogP contribution in [-0.4, -0.2) is 43.7 Å². The minimum absolute atomic E-state index is 0.157. The fraction of sp³-hybridized carbons (Fsp3) is 0.750. The number of esters is 2. The molecule has 0 aromatic carbocycles. The van der Waals surface area contributed by atoms with Crippen molar-refractivity contribution in [3.63, 3.8) is 0 Å². The lowest BCUT2D eigenvalue weighted by atomic mass is 9.80. The molecule has 2 aliphatic rings. The number of carbonyl (C=O) groups excluding carboxylic acids is 2. The maximum Gasteiger partial charge on any atom is 0.335 e. The van der Waals surface area contributed by atoms with Gasteiger partial charge in [-0.1, -0.05) is 12.7 Å². The van der Waals surface area contributed by atoms with Crippen molar-refractivity contribution in [1.82, 2.24) is 0 Å². The molecule has 6 heteroatoms. The first-order valence-corrected chi connectivity index (χ1v) is 7.78. The van der Waals surface area contributed by atoms with E-state index in [4.69, 9.17) is 18.9 Å². The van der Waals surface area contributed by atoms with Gasteiger partial charge in [-0.05, 0) is 33.1 Å². The Morgan fingerprint density at radius 1 is 1.32 bits per heavy atom. The highest BCUT2D eigenvalue weighted by molar-refractivity contribution is 5.79. The van der Waals surface area contributed by atoms with Crippen LogP contribution < -0.4 is 0 Å². The van der Waals surface area contributed by atoms with Gasteiger partial charge in [-0.2, -0.15) is 0 Å². The molecule has 0 aromatic rings. The van der Waals surface area contributed by atoms with Gasteiger partial charge in [0.15, 0.2) is 11.9 Å². The van der Waals surface area contributed by atoms with Crippen molar-refractivity contribution in [3.8, 4) is 0 Å². The third-order valence-corrected chi connectivity index (χ3v) is 4.41. The van der Waals surface area contributed by atoms with E-state index in [1.54, 1.807) is 13.8 Å². The van der Waals surface area contributed by atoms with Crippen LogP contribution in [0.15, 0.2) is 12.7 Å². The van der Waals surface area contributed by atoms with Crippen molar-refractivity contribution < 1.29 is 28.5 Å². The molecular weight excluding hydrogens is 288 g/mol. The van der Waals surface area contributed by atoms with Gasteiger partial charge >= 0.3 is 11.9 Å². The van der Waals surface area contributed by atoms with Crippen LogP contribution in [0, 0.1) is 5.41 Å². The van der Waals surface area contributed by atoms with Gasteiger partial charge in [0, 0.05) is 6.42 Å². The number of hydrogen-bond donors (Lipinski definition) is 0. The Labute approximate surface area is 130 Å². The molecule has 1 heterocycles. The monoisotopic (exact) mass is 312 g/mol. The number of hydrogen-bond acceptors (Lipinski definition) is 6. The zero-order chi connectivity index (χ0) is 16.2. The third-order valence-electron chi connectivity index (χ3n) is 4.41. The largest absolute Gasteiger partial charge is 0.464 e. The van der Waals surface area contributed by atoms with E-state index in [0.29, 0.717) is 25.9 Å². The first-order chi connectivity index (χ1) is 10.5. The molecule has 1 aliphatic heterocycles. The molecule has 0 bridgehead atoms. The standard InChI is InChI=1S/C16H24O6/c1-4-10-20-14(18)15-7-6-8-16(15,21-11-9-15)22-12(3)13(17)19-5-2/h4,12H,1,5-11H2,2-3H3/t12?,15?,16-/m0/s1. The Kier molecular flexibility index (Phi) is 5.24. The zero-order valence-corrected chi connectivity index (χ0v) is 13.3. The van der Waals surface area contributed by atoms with E-state index < -0.39 is 23.3 Å². The second kappa shape index (κ2) is 6.79. The third kappa shape index (κ3) is 2.77. The highest BCUT2D eigenvalue weighted by atomic mass is 16.7. The summed E-state index contributed by atoms with van der Waals surface area (Å²) in [5, 5.41) is 0. The number of carbonyl (C=O) groups is 2. The normalized spacial score (nSPS) is 31.4. The van der Waals surface area contributed by atoms with E-state index in [9.17, 15) is 9.59 Å². The van der Waals surface area contributed by atoms with E-state index in [2.05, 4.69) is 6.58 Å². The molecule has 1 saturated heterocycles. The maximum absolute atomic E-state index is 12.5. The Morgan fingerprint density at radius 2 is 2.09 bits per heavy atom. The summed E-state index contributed by atoms with van der Waals surface area (Å²) < 4.78 is 22.0. The number of ether oxygens (including phenoxy) is 4. The molecule has 0 amide bonds. The van der Waals surface area contributed by atoms with Crippen molar-refractivity contribution >= 4 is 11.9 Å². The first-order valence-electron chi connectivity index (χ1n) is 7.78. The van der Waals surface area contributed by atoms with Crippen LogP contribution in [0.1, 0.15) is 39.5 Å². The van der Waals surface area contributed by atoms with Gasteiger partial charge in [0.1, 0.15) is 12.0 Å². The Balaban J connectivity index is 2.17. The lowest BCUT2D eigenvalue weighted by molar-refractivity contribution is -0.267. The molecule has 1 saturated carbocycles. The molecule has 124 valence electrons. The van der Waals surface area contributed by atoms with Crippen LogP contribution in [-0.2, 0) is 28.5 Å². The summed E-state index contributed by atoms with van der Waals surface area (Å²) in [7, 11) is 0. The second-order valence-corrected chi connectivity index (χ2v) is 5.69. The molecule has 6 nitrogen and oxygen atoms in total. The molecule has 2 rings (SSSR count). The summed E-state index contributed by atoms with van der Waals surface area (Å²) >= 11 is 0. The maximum atomic E-state index is 12.5. The summed E-state index contributed by atoms with van der Waals surface area (Å²) in [6, 6.07) is 0. The van der Waals surface area contributed by atoms with Crippen LogP contribution >= 0.6 is 0 Å². The minimum Gasteiger partial charge on any atom is -0.464 e. The Morgan fingerprint density at radius 3 is 2.77 bits per heavy atom. The van der Waals surface area contributed by atoms with Gasteiger partial charge in [-0.15, -0.1) is 0 Å².